The zero-order valence-corrected chi connectivity index (χ0v) is 70.1. The molecule has 0 aliphatic carbocycles. The van der Waals surface area contributed by atoms with Crippen LogP contribution in [-0.4, -0.2) is 327 Å². The van der Waals surface area contributed by atoms with Gasteiger partial charge in [0.2, 0.25) is 6.79 Å². The topological polar surface area (TPSA) is 266 Å². The number of thiophene rings is 1. The first-order chi connectivity index (χ1) is 55.6. The summed E-state index contributed by atoms with van der Waals surface area (Å²) >= 11 is 13.5. The van der Waals surface area contributed by atoms with Gasteiger partial charge in [0.1, 0.15) is 5.82 Å². The largest absolute Gasteiger partial charge is 0.493 e. The number of fused-ring (bicyclic) bond motifs is 2. The Balaban J connectivity index is 0.000000158. The Bertz CT molecular complexity index is 4140. The summed E-state index contributed by atoms with van der Waals surface area (Å²) in [7, 11) is 15.6. The minimum atomic E-state index is -0.397. The molecule has 14 rings (SSSR count). The van der Waals surface area contributed by atoms with Crippen molar-refractivity contribution >= 4 is 81.6 Å². The first kappa shape index (κ1) is 89.4. The number of aromatic nitrogens is 1. The summed E-state index contributed by atoms with van der Waals surface area (Å²) in [6, 6.07) is 35.6. The number of likely N-dealkylation sites (N-methyl/N-ethyl adjacent to an activating group) is 6. The molecule has 7 aromatic rings. The number of hydrogen-bond acceptors (Lipinski definition) is 17. The fraction of sp³-hybridized carbons (Fsp3) is 0.488. The molecule has 5 aromatic carbocycles. The lowest BCUT2D eigenvalue weighted by Gasteiger charge is -2.32. The third-order valence-electron chi connectivity index (χ3n) is 20.7. The monoisotopic (exact) mass is 1650 g/mol. The van der Waals surface area contributed by atoms with Crippen molar-refractivity contribution < 1.29 is 52.1 Å². The van der Waals surface area contributed by atoms with Crippen molar-refractivity contribution in [2.24, 2.45) is 0 Å². The second kappa shape index (κ2) is 46.8. The average Bonchev–Trinajstić information content (AvgIpc) is 1.68. The number of nitrogens with one attached hydrogen (secondary N) is 7. The second-order valence-corrected chi connectivity index (χ2v) is 31.0. The molecule has 7 aliphatic rings. The Morgan fingerprint density at radius 1 is 0.435 bits per heavy atom. The number of amides is 12. The van der Waals surface area contributed by atoms with Gasteiger partial charge in [0.15, 0.2) is 23.0 Å². The zero-order valence-electron chi connectivity index (χ0n) is 67.7. The van der Waals surface area contributed by atoms with Gasteiger partial charge in [0.05, 0.1) is 20.8 Å². The summed E-state index contributed by atoms with van der Waals surface area (Å²) in [5, 5.41) is 21.8. The van der Waals surface area contributed by atoms with Gasteiger partial charge in [-0.15, -0.1) is 11.3 Å². The molecule has 0 radical (unpaired) electrons. The number of urea groups is 6. The Labute approximate surface area is 690 Å². The lowest BCUT2D eigenvalue weighted by molar-refractivity contribution is 0.153. The van der Waals surface area contributed by atoms with E-state index in [-0.39, 0.29) is 49.5 Å². The van der Waals surface area contributed by atoms with Crippen molar-refractivity contribution in [3.05, 3.63) is 175 Å². The summed E-state index contributed by atoms with van der Waals surface area (Å²) < 4.78 is 34.7. The van der Waals surface area contributed by atoms with Crippen LogP contribution in [0.5, 0.6) is 23.0 Å². The van der Waals surface area contributed by atoms with Gasteiger partial charge in [-0.1, -0.05) is 83.9 Å². The summed E-state index contributed by atoms with van der Waals surface area (Å²) in [5.74, 6) is 2.45. The van der Waals surface area contributed by atoms with Crippen molar-refractivity contribution in [3.63, 3.8) is 0 Å². The molecule has 12 amide bonds. The highest BCUT2D eigenvalue weighted by molar-refractivity contribution is 7.09. The number of carbonyl (C=O) groups is 6. The number of ether oxygens (including phenoxy) is 4. The summed E-state index contributed by atoms with van der Waals surface area (Å²) in [6.45, 7) is 23.6. The molecule has 9 heterocycles. The maximum absolute atomic E-state index is 13.5. The number of benzene rings is 5. The number of hydrogen-bond donors (Lipinski definition) is 7. The third kappa shape index (κ3) is 29.3. The maximum atomic E-state index is 13.5. The van der Waals surface area contributed by atoms with E-state index in [1.807, 2.05) is 128 Å². The molecule has 7 aliphatic heterocycles. The molecule has 0 spiro atoms. The highest BCUT2D eigenvalue weighted by atomic mass is 35.5. The SMILES string of the molecule is CN1CCN(C(=O)NCCc2c[nH]c3ccccc23)CC1.CN1CCN(C(=O)NCc2c(F)cccc2Cl)CC1.CN1CCN(C(=O)NCc2ccc3c(c2)OCO3)CC1.CN1CCN(C(=O)NCc2cccc(Cl)c2)CC1.CN1CCN(C(=O)NCc2cccs2)CC1.COc1cccc(CNC(=O)N2CCN(C)CC2)c1OC. The van der Waals surface area contributed by atoms with Crippen LogP contribution in [0.1, 0.15) is 32.7 Å². The van der Waals surface area contributed by atoms with Crippen LogP contribution in [0.2, 0.25) is 10.0 Å². The summed E-state index contributed by atoms with van der Waals surface area (Å²) in [5.41, 5.74) is 5.66. The fourth-order valence-electron chi connectivity index (χ4n) is 13.1. The molecule has 626 valence electrons. The Morgan fingerprint density at radius 2 is 0.878 bits per heavy atom. The number of methoxy groups -OCH3 is 2. The molecular weight excluding hydrogens is 1530 g/mol. The van der Waals surface area contributed by atoms with E-state index < -0.39 is 5.82 Å². The Morgan fingerprint density at radius 3 is 1.35 bits per heavy atom. The smallest absolute Gasteiger partial charge is 0.317 e. The molecule has 6 fully saturated rings. The van der Waals surface area contributed by atoms with E-state index in [9.17, 15) is 33.2 Å². The first-order valence-electron chi connectivity index (χ1n) is 39.2. The molecule has 2 aromatic heterocycles. The zero-order chi connectivity index (χ0) is 82.0. The molecule has 33 heteroatoms. The Hall–Kier alpha value is -9.57. The van der Waals surface area contributed by atoms with Crippen molar-refractivity contribution in [2.75, 3.05) is 227 Å². The Kier molecular flexibility index (Phi) is 36.4. The number of halogens is 3. The van der Waals surface area contributed by atoms with Crippen LogP contribution in [0.15, 0.2) is 127 Å². The highest BCUT2D eigenvalue weighted by Crippen LogP contribution is 2.33. The van der Waals surface area contributed by atoms with E-state index in [2.05, 4.69) is 114 Å². The summed E-state index contributed by atoms with van der Waals surface area (Å²) in [6.07, 6.45) is 2.89. The number of aromatic amines is 1. The van der Waals surface area contributed by atoms with Crippen LogP contribution >= 0.6 is 34.5 Å². The molecular formula is C82H116Cl2FN19O10S. The molecule has 6 saturated heterocycles. The van der Waals surface area contributed by atoms with Crippen molar-refractivity contribution in [2.45, 2.75) is 39.1 Å². The van der Waals surface area contributed by atoms with Gasteiger partial charge in [-0.25, -0.2) is 33.2 Å². The summed E-state index contributed by atoms with van der Waals surface area (Å²) in [4.78, 5) is 101. The molecule has 29 nitrogen and oxygen atoms in total. The van der Waals surface area contributed by atoms with Crippen LogP contribution < -0.4 is 50.8 Å². The van der Waals surface area contributed by atoms with E-state index in [0.717, 1.165) is 184 Å². The minimum Gasteiger partial charge on any atom is -0.493 e. The molecule has 0 saturated carbocycles. The quantitative estimate of drug-likeness (QED) is 0.0506. The van der Waals surface area contributed by atoms with Gasteiger partial charge in [0, 0.05) is 233 Å². The van der Waals surface area contributed by atoms with Crippen LogP contribution in [0.25, 0.3) is 10.9 Å². The lowest BCUT2D eigenvalue weighted by Crippen LogP contribution is -2.50. The van der Waals surface area contributed by atoms with Gasteiger partial charge in [0.25, 0.3) is 0 Å². The maximum Gasteiger partial charge on any atom is 0.317 e. The number of carbonyl (C=O) groups excluding carboxylic acids is 6. The van der Waals surface area contributed by atoms with Crippen molar-refractivity contribution in [1.29, 1.82) is 0 Å². The van der Waals surface area contributed by atoms with Gasteiger partial charge >= 0.3 is 36.2 Å². The standard InChI is InChI=1S/C16H22N4O.C15H23N3O3.C14H19N3O3.C13H17ClFN3O.C13H18ClN3O.C11H17N3OS/c1-19-8-10-20(11-9-19)16(21)17-7-6-13-12-18-15-5-3-2-4-14(13)15;1-17-7-9-18(10-8-17)15(19)16-11-12-5-4-6-13(20-2)14(12)21-3;1-16-4-6-17(7-5-16)14(18)15-9-11-2-3-12-13(8-11)20-10-19-12;1-17-5-7-18(8-6-17)13(19)16-9-10-11(14)3-2-4-12(10)15;1-16-5-7-17(8-6-16)13(18)15-10-11-3-2-4-12(14)9-11;1-13-4-6-14(7-5-13)11(15)12-9-10-3-2-8-16-10/h2-5,12,18H,6-11H2,1H3,(H,17,21);4-6H,7-11H2,1-3H3,(H,16,19);2-3,8H,4-7,9-10H2,1H3,(H,15,18);2-4H,5-9H2,1H3,(H,16,19);2-4,9H,5-8,10H2,1H3,(H,15,18);2-3,8H,4-7,9H2,1H3,(H,12,15). The molecule has 7 N–H and O–H groups in total. The van der Waals surface area contributed by atoms with Crippen molar-refractivity contribution in [3.8, 4) is 23.0 Å². The fourth-order valence-corrected chi connectivity index (χ4v) is 14.2. The number of nitrogens with zero attached hydrogens (tertiary/aromatic N) is 12. The second-order valence-electron chi connectivity index (χ2n) is 29.1. The lowest BCUT2D eigenvalue weighted by atomic mass is 10.1. The third-order valence-corrected chi connectivity index (χ3v) is 22.2. The molecule has 115 heavy (non-hydrogen) atoms. The molecule has 0 unspecified atom stereocenters. The van der Waals surface area contributed by atoms with Crippen LogP contribution in [0.3, 0.4) is 0 Å². The number of H-pyrrole nitrogens is 1. The number of para-hydroxylation sites is 2. The van der Waals surface area contributed by atoms with Crippen LogP contribution in [0.4, 0.5) is 33.2 Å². The normalized spacial score (nSPS) is 16.8. The van der Waals surface area contributed by atoms with E-state index in [4.69, 9.17) is 42.1 Å². The first-order valence-corrected chi connectivity index (χ1v) is 40.8. The van der Waals surface area contributed by atoms with Crippen LogP contribution in [0, 0.1) is 5.82 Å². The highest BCUT2D eigenvalue weighted by Gasteiger charge is 2.26. The van der Waals surface area contributed by atoms with Gasteiger partial charge < -0.3 is 115 Å². The number of piperazine rings is 6. The van der Waals surface area contributed by atoms with Gasteiger partial charge in [-0.2, -0.15) is 0 Å². The number of rotatable bonds is 15. The van der Waals surface area contributed by atoms with Crippen LogP contribution in [-0.2, 0) is 39.1 Å². The average molecular weight is 1650 g/mol. The molecule has 0 bridgehead atoms. The predicted octanol–water partition coefficient (Wildman–Crippen LogP) is 8.64. The van der Waals surface area contributed by atoms with Gasteiger partial charge in [-0.05, 0) is 125 Å². The van der Waals surface area contributed by atoms with Crippen molar-refractivity contribution in [1.82, 2.24) is 95.7 Å². The predicted molar refractivity (Wildman–Crippen MR) is 450 cm³/mol. The van der Waals surface area contributed by atoms with E-state index in [1.54, 1.807) is 42.6 Å². The van der Waals surface area contributed by atoms with E-state index >= 15 is 0 Å². The van der Waals surface area contributed by atoms with E-state index in [1.165, 1.54) is 21.9 Å². The van der Waals surface area contributed by atoms with Gasteiger partial charge in [-0.3, -0.25) is 0 Å². The minimum absolute atomic E-state index is 0.00285. The molecule has 0 atom stereocenters. The van der Waals surface area contributed by atoms with E-state index in [0.29, 0.717) is 72.9 Å².